The second-order valence-corrected chi connectivity index (χ2v) is 3.85. The van der Waals surface area contributed by atoms with E-state index in [1.165, 1.54) is 0 Å². The summed E-state index contributed by atoms with van der Waals surface area (Å²) < 4.78 is 36.5. The van der Waals surface area contributed by atoms with Crippen LogP contribution in [0.5, 0.6) is 0 Å². The van der Waals surface area contributed by atoms with Crippen LogP contribution in [-0.2, 0) is 4.79 Å². The molecule has 0 radical (unpaired) electrons. The van der Waals surface area contributed by atoms with E-state index in [0.717, 1.165) is 9.80 Å². The molecule has 90 valence electrons. The summed E-state index contributed by atoms with van der Waals surface area (Å²) in [7, 11) is 0. The van der Waals surface area contributed by atoms with Gasteiger partial charge in [0.2, 0.25) is 0 Å². The molecule has 2 heterocycles. The van der Waals surface area contributed by atoms with Gasteiger partial charge >= 0.3 is 18.2 Å². The van der Waals surface area contributed by atoms with E-state index >= 15 is 0 Å². The van der Waals surface area contributed by atoms with Crippen molar-refractivity contribution in [2.24, 2.45) is 0 Å². The van der Waals surface area contributed by atoms with Gasteiger partial charge in [-0.1, -0.05) is 0 Å². The fourth-order valence-corrected chi connectivity index (χ4v) is 2.25. The van der Waals surface area contributed by atoms with E-state index < -0.39 is 30.3 Å². The zero-order valence-corrected chi connectivity index (χ0v) is 8.07. The number of likely N-dealkylation sites (tertiary alicyclic amines) is 2. The molecule has 1 N–H and O–H groups in total. The topological polar surface area (TPSA) is 60.9 Å². The first-order chi connectivity index (χ1) is 7.32. The molecule has 2 aliphatic heterocycles. The van der Waals surface area contributed by atoms with Gasteiger partial charge in [-0.3, -0.25) is 4.79 Å². The molecular weight excluding hydrogens is 229 g/mol. The molecule has 0 aliphatic carbocycles. The maximum absolute atomic E-state index is 12.2. The van der Waals surface area contributed by atoms with Crippen LogP contribution < -0.4 is 0 Å². The van der Waals surface area contributed by atoms with E-state index in [0.29, 0.717) is 0 Å². The highest BCUT2D eigenvalue weighted by atomic mass is 19.4. The molecule has 2 unspecified atom stereocenters. The zero-order chi connectivity index (χ0) is 12.1. The predicted molar refractivity (Wildman–Crippen MR) is 44.7 cm³/mol. The number of fused-ring (bicyclic) bond motifs is 1. The second kappa shape index (κ2) is 3.26. The standard InChI is InChI=1S/C8H9F3N2O3/c9-8(10,11)6(14)12-2-1-4-5(12)3-13(4)7(15)16/h4-5H,1-3H2,(H,15,16). The second-order valence-electron chi connectivity index (χ2n) is 3.85. The van der Waals surface area contributed by atoms with Crippen molar-refractivity contribution >= 4 is 12.0 Å². The van der Waals surface area contributed by atoms with Gasteiger partial charge in [0, 0.05) is 13.1 Å². The highest BCUT2D eigenvalue weighted by molar-refractivity contribution is 5.83. The first-order valence-electron chi connectivity index (χ1n) is 4.69. The molecule has 5 nitrogen and oxygen atoms in total. The molecule has 2 atom stereocenters. The van der Waals surface area contributed by atoms with Crippen molar-refractivity contribution in [3.63, 3.8) is 0 Å². The number of hydrogen-bond acceptors (Lipinski definition) is 2. The third-order valence-corrected chi connectivity index (χ3v) is 3.04. The average Bonchev–Trinajstić information content (AvgIpc) is 2.39. The Labute approximate surface area is 88.4 Å². The lowest BCUT2D eigenvalue weighted by molar-refractivity contribution is -0.188. The lowest BCUT2D eigenvalue weighted by Gasteiger charge is -2.44. The molecule has 8 heteroatoms. The van der Waals surface area contributed by atoms with Crippen LogP contribution >= 0.6 is 0 Å². The summed E-state index contributed by atoms with van der Waals surface area (Å²) in [5, 5.41) is 8.67. The van der Waals surface area contributed by atoms with E-state index in [4.69, 9.17) is 5.11 Å². The highest BCUT2D eigenvalue weighted by Crippen LogP contribution is 2.35. The largest absolute Gasteiger partial charge is 0.471 e. The van der Waals surface area contributed by atoms with Crippen LogP contribution in [0, 0.1) is 0 Å². The van der Waals surface area contributed by atoms with Gasteiger partial charge < -0.3 is 14.9 Å². The fraction of sp³-hybridized carbons (Fsp3) is 0.750. The van der Waals surface area contributed by atoms with Crippen molar-refractivity contribution in [3.8, 4) is 0 Å². The third kappa shape index (κ3) is 1.48. The van der Waals surface area contributed by atoms with Gasteiger partial charge in [-0.25, -0.2) is 4.79 Å². The van der Waals surface area contributed by atoms with Crippen molar-refractivity contribution in [3.05, 3.63) is 0 Å². The minimum atomic E-state index is -4.88. The maximum atomic E-state index is 12.2. The average molecular weight is 238 g/mol. The molecule has 2 fully saturated rings. The molecule has 2 rings (SSSR count). The van der Waals surface area contributed by atoms with E-state index in [2.05, 4.69) is 0 Å². The van der Waals surface area contributed by atoms with Gasteiger partial charge in [0.25, 0.3) is 0 Å². The van der Waals surface area contributed by atoms with Gasteiger partial charge in [-0.05, 0) is 6.42 Å². The van der Waals surface area contributed by atoms with Crippen LogP contribution in [0.25, 0.3) is 0 Å². The monoisotopic (exact) mass is 238 g/mol. The normalized spacial score (nSPS) is 28.7. The quantitative estimate of drug-likeness (QED) is 0.669. The summed E-state index contributed by atoms with van der Waals surface area (Å²) in [6.45, 7) is -0.0563. The predicted octanol–water partition coefficient (Wildman–Crippen LogP) is 0.512. The van der Waals surface area contributed by atoms with Crippen molar-refractivity contribution in [1.29, 1.82) is 0 Å². The Bertz CT molecular complexity index is 344. The molecule has 0 bridgehead atoms. The number of alkyl halides is 3. The van der Waals surface area contributed by atoms with E-state index in [-0.39, 0.29) is 19.5 Å². The molecule has 2 aliphatic rings. The minimum Gasteiger partial charge on any atom is -0.465 e. The lowest BCUT2D eigenvalue weighted by Crippen LogP contribution is -2.65. The number of halogens is 3. The SMILES string of the molecule is O=C(O)N1CC2C1CCN2C(=O)C(F)(F)F. The number of nitrogens with zero attached hydrogens (tertiary/aromatic N) is 2. The number of amides is 2. The number of rotatable bonds is 0. The fourth-order valence-electron chi connectivity index (χ4n) is 2.25. The van der Waals surface area contributed by atoms with Crippen LogP contribution in [0.3, 0.4) is 0 Å². The van der Waals surface area contributed by atoms with Gasteiger partial charge in [-0.2, -0.15) is 13.2 Å². The first kappa shape index (κ1) is 11.0. The summed E-state index contributed by atoms with van der Waals surface area (Å²) in [6, 6.07) is -1.07. The summed E-state index contributed by atoms with van der Waals surface area (Å²) in [4.78, 5) is 23.4. The summed E-state index contributed by atoms with van der Waals surface area (Å²) in [6.07, 6.45) is -5.75. The smallest absolute Gasteiger partial charge is 0.465 e. The number of carbonyl (C=O) groups is 2. The van der Waals surface area contributed by atoms with Crippen LogP contribution in [-0.4, -0.2) is 58.3 Å². The molecule has 0 aromatic rings. The van der Waals surface area contributed by atoms with Crippen molar-refractivity contribution < 1.29 is 27.9 Å². The van der Waals surface area contributed by atoms with E-state index in [9.17, 15) is 22.8 Å². The first-order valence-corrected chi connectivity index (χ1v) is 4.69. The Kier molecular flexibility index (Phi) is 2.25. The van der Waals surface area contributed by atoms with Gasteiger partial charge in [-0.15, -0.1) is 0 Å². The summed E-state index contributed by atoms with van der Waals surface area (Å²) >= 11 is 0. The van der Waals surface area contributed by atoms with Gasteiger partial charge in [0.15, 0.2) is 0 Å². The van der Waals surface area contributed by atoms with E-state index in [1.807, 2.05) is 0 Å². The lowest BCUT2D eigenvalue weighted by atomic mass is 9.98. The molecule has 2 amide bonds. The summed E-state index contributed by atoms with van der Waals surface area (Å²) in [5.74, 6) is -1.87. The van der Waals surface area contributed by atoms with Gasteiger partial charge in [0.1, 0.15) is 0 Å². The minimum absolute atomic E-state index is 0.0260. The zero-order valence-electron chi connectivity index (χ0n) is 8.07. The van der Waals surface area contributed by atoms with Crippen molar-refractivity contribution in [2.45, 2.75) is 24.7 Å². The summed E-state index contributed by atoms with van der Waals surface area (Å²) in [5.41, 5.74) is 0. The van der Waals surface area contributed by atoms with Crippen LogP contribution in [0.1, 0.15) is 6.42 Å². The van der Waals surface area contributed by atoms with Crippen LogP contribution in [0.15, 0.2) is 0 Å². The molecular formula is C8H9F3N2O3. The Hall–Kier alpha value is -1.47. The Morgan fingerprint density at radius 2 is 1.81 bits per heavy atom. The molecule has 16 heavy (non-hydrogen) atoms. The van der Waals surface area contributed by atoms with Gasteiger partial charge in [0.05, 0.1) is 12.1 Å². The van der Waals surface area contributed by atoms with Crippen molar-refractivity contribution in [2.75, 3.05) is 13.1 Å². The van der Waals surface area contributed by atoms with E-state index in [1.54, 1.807) is 0 Å². The Morgan fingerprint density at radius 1 is 1.19 bits per heavy atom. The Balaban J connectivity index is 2.04. The highest BCUT2D eigenvalue weighted by Gasteiger charge is 2.55. The number of hydrogen-bond donors (Lipinski definition) is 1. The Morgan fingerprint density at radius 3 is 2.31 bits per heavy atom. The molecule has 0 aromatic carbocycles. The number of carboxylic acid groups (broad SMARTS) is 1. The maximum Gasteiger partial charge on any atom is 0.471 e. The molecule has 2 saturated heterocycles. The van der Waals surface area contributed by atoms with Crippen molar-refractivity contribution in [1.82, 2.24) is 9.80 Å². The third-order valence-electron chi connectivity index (χ3n) is 3.04. The number of carbonyl (C=O) groups excluding carboxylic acids is 1. The molecule has 0 spiro atoms. The molecule has 0 saturated carbocycles. The van der Waals surface area contributed by atoms with Crippen LogP contribution in [0.2, 0.25) is 0 Å². The molecule has 0 aromatic heterocycles. The van der Waals surface area contributed by atoms with Crippen LogP contribution in [0.4, 0.5) is 18.0 Å².